The molecule has 0 radical (unpaired) electrons. The van der Waals surface area contributed by atoms with Crippen LogP contribution in [0.1, 0.15) is 12.2 Å². The number of halogens is 3. The highest BCUT2D eigenvalue weighted by molar-refractivity contribution is 7.89. The van der Waals surface area contributed by atoms with Crippen LogP contribution >= 0.6 is 0 Å². The average molecular weight is 320 g/mol. The molecule has 1 heterocycles. The summed E-state index contributed by atoms with van der Waals surface area (Å²) in [5.41, 5.74) is 0. The predicted molar refractivity (Wildman–Crippen MR) is 66.2 cm³/mol. The lowest BCUT2D eigenvalue weighted by molar-refractivity contribution is 0.493. The highest BCUT2D eigenvalue weighted by Crippen LogP contribution is 2.19. The van der Waals surface area contributed by atoms with Crippen molar-refractivity contribution in [3.05, 3.63) is 41.7 Å². The Bertz CT molecular complexity index is 696. The lowest BCUT2D eigenvalue weighted by atomic mass is 10.3. The Morgan fingerprint density at radius 1 is 1.19 bits per heavy atom. The summed E-state index contributed by atoms with van der Waals surface area (Å²) in [6.07, 6.45) is 2.07. The minimum Gasteiger partial charge on any atom is -0.263 e. The molecule has 1 aromatic carbocycles. The Morgan fingerprint density at radius 3 is 2.43 bits per heavy atom. The molecule has 0 aliphatic carbocycles. The van der Waals surface area contributed by atoms with E-state index in [2.05, 4.69) is 15.2 Å². The topological polar surface area (TPSA) is 87.7 Å². The minimum atomic E-state index is -4.39. The molecule has 0 atom stereocenters. The van der Waals surface area contributed by atoms with E-state index in [9.17, 15) is 21.6 Å². The standard InChI is InChI=1S/C11H11F3N4O2S/c12-7-4-8(13)11(9(14)5-7)21(19,20)17-3-1-2-10-15-6-16-18-10/h4-6,17H,1-3H2,(H,15,16,18). The van der Waals surface area contributed by atoms with Crippen LogP contribution in [0.2, 0.25) is 0 Å². The molecule has 114 valence electrons. The first-order valence-electron chi connectivity index (χ1n) is 5.88. The molecule has 0 bridgehead atoms. The van der Waals surface area contributed by atoms with E-state index < -0.39 is 32.4 Å². The zero-order valence-electron chi connectivity index (χ0n) is 10.6. The number of nitrogens with zero attached hydrogens (tertiary/aromatic N) is 2. The van der Waals surface area contributed by atoms with Gasteiger partial charge in [0.2, 0.25) is 10.0 Å². The molecular weight excluding hydrogens is 309 g/mol. The smallest absolute Gasteiger partial charge is 0.246 e. The van der Waals surface area contributed by atoms with Gasteiger partial charge in [-0.15, -0.1) is 0 Å². The van der Waals surface area contributed by atoms with Gasteiger partial charge in [-0.1, -0.05) is 0 Å². The molecule has 0 amide bonds. The lowest BCUT2D eigenvalue weighted by Gasteiger charge is -2.08. The Kier molecular flexibility index (Phi) is 4.58. The van der Waals surface area contributed by atoms with Gasteiger partial charge in [-0.2, -0.15) is 5.10 Å². The molecule has 0 unspecified atom stereocenters. The Morgan fingerprint density at radius 2 is 1.86 bits per heavy atom. The van der Waals surface area contributed by atoms with Gasteiger partial charge in [-0.25, -0.2) is 31.3 Å². The van der Waals surface area contributed by atoms with Crippen LogP contribution in [-0.4, -0.2) is 30.1 Å². The molecule has 0 aliphatic rings. The summed E-state index contributed by atoms with van der Waals surface area (Å²) >= 11 is 0. The summed E-state index contributed by atoms with van der Waals surface area (Å²) in [6.45, 7) is -0.0563. The van der Waals surface area contributed by atoms with Crippen LogP contribution in [0.5, 0.6) is 0 Å². The third-order valence-electron chi connectivity index (χ3n) is 2.58. The summed E-state index contributed by atoms with van der Waals surface area (Å²) in [7, 11) is -4.39. The van der Waals surface area contributed by atoms with Crippen LogP contribution in [0, 0.1) is 17.5 Å². The normalized spacial score (nSPS) is 11.8. The van der Waals surface area contributed by atoms with Crippen molar-refractivity contribution in [3.63, 3.8) is 0 Å². The summed E-state index contributed by atoms with van der Waals surface area (Å²) < 4.78 is 65.2. The van der Waals surface area contributed by atoms with Crippen molar-refractivity contribution in [2.75, 3.05) is 6.54 Å². The van der Waals surface area contributed by atoms with Crippen molar-refractivity contribution in [3.8, 4) is 0 Å². The molecule has 6 nitrogen and oxygen atoms in total. The molecule has 10 heteroatoms. The lowest BCUT2D eigenvalue weighted by Crippen LogP contribution is -2.27. The van der Waals surface area contributed by atoms with E-state index in [0.29, 0.717) is 30.8 Å². The second-order valence-electron chi connectivity index (χ2n) is 4.13. The van der Waals surface area contributed by atoms with Crippen LogP contribution in [0.3, 0.4) is 0 Å². The molecule has 21 heavy (non-hydrogen) atoms. The number of sulfonamides is 1. The first kappa shape index (κ1) is 15.4. The van der Waals surface area contributed by atoms with Gasteiger partial charge in [-0.3, -0.25) is 5.10 Å². The number of nitrogens with one attached hydrogen (secondary N) is 2. The van der Waals surface area contributed by atoms with E-state index in [1.54, 1.807) is 0 Å². The highest BCUT2D eigenvalue weighted by atomic mass is 32.2. The number of benzene rings is 1. The highest BCUT2D eigenvalue weighted by Gasteiger charge is 2.24. The van der Waals surface area contributed by atoms with Gasteiger partial charge in [0.1, 0.15) is 29.6 Å². The molecule has 2 rings (SSSR count). The number of rotatable bonds is 6. The van der Waals surface area contributed by atoms with E-state index >= 15 is 0 Å². The second-order valence-corrected chi connectivity index (χ2v) is 5.84. The van der Waals surface area contributed by atoms with Crippen molar-refractivity contribution in [1.82, 2.24) is 19.9 Å². The first-order valence-corrected chi connectivity index (χ1v) is 7.37. The predicted octanol–water partition coefficient (Wildman–Crippen LogP) is 1.13. The van der Waals surface area contributed by atoms with Gasteiger partial charge in [0.25, 0.3) is 0 Å². The zero-order chi connectivity index (χ0) is 15.5. The third kappa shape index (κ3) is 3.79. The molecule has 2 N–H and O–H groups in total. The van der Waals surface area contributed by atoms with Gasteiger partial charge in [0.05, 0.1) is 0 Å². The molecule has 0 aliphatic heterocycles. The molecule has 0 saturated carbocycles. The van der Waals surface area contributed by atoms with Crippen molar-refractivity contribution in [2.24, 2.45) is 0 Å². The van der Waals surface area contributed by atoms with Crippen molar-refractivity contribution < 1.29 is 21.6 Å². The van der Waals surface area contributed by atoms with E-state index in [-0.39, 0.29) is 6.54 Å². The average Bonchev–Trinajstić information content (AvgIpc) is 2.86. The van der Waals surface area contributed by atoms with Crippen LogP contribution in [0.25, 0.3) is 0 Å². The van der Waals surface area contributed by atoms with E-state index in [1.165, 1.54) is 6.33 Å². The van der Waals surface area contributed by atoms with Gasteiger partial charge in [-0.05, 0) is 6.42 Å². The molecule has 0 spiro atoms. The summed E-state index contributed by atoms with van der Waals surface area (Å²) in [6, 6.07) is 0.623. The van der Waals surface area contributed by atoms with Crippen LogP contribution < -0.4 is 4.72 Å². The number of aromatic nitrogens is 3. The number of hydrogen-bond acceptors (Lipinski definition) is 4. The van der Waals surface area contributed by atoms with Crippen LogP contribution in [0.4, 0.5) is 13.2 Å². The van der Waals surface area contributed by atoms with Crippen molar-refractivity contribution >= 4 is 10.0 Å². The fourth-order valence-electron chi connectivity index (χ4n) is 1.67. The monoisotopic (exact) mass is 320 g/mol. The number of H-pyrrole nitrogens is 1. The Labute approximate surface area is 118 Å². The van der Waals surface area contributed by atoms with Gasteiger partial charge in [0, 0.05) is 25.1 Å². The summed E-state index contributed by atoms with van der Waals surface area (Å²) in [5.74, 6) is -3.58. The molecule has 0 fully saturated rings. The van der Waals surface area contributed by atoms with Gasteiger partial charge in [0.15, 0.2) is 4.90 Å². The maximum Gasteiger partial charge on any atom is 0.246 e. The molecule has 2 aromatic rings. The van der Waals surface area contributed by atoms with E-state index in [1.807, 2.05) is 4.72 Å². The van der Waals surface area contributed by atoms with Gasteiger partial charge >= 0.3 is 0 Å². The van der Waals surface area contributed by atoms with Crippen molar-refractivity contribution in [1.29, 1.82) is 0 Å². The summed E-state index contributed by atoms with van der Waals surface area (Å²) in [4.78, 5) is 2.65. The first-order chi connectivity index (χ1) is 9.90. The number of hydrogen-bond donors (Lipinski definition) is 2. The SMILES string of the molecule is O=S(=O)(NCCCc1ncn[nH]1)c1c(F)cc(F)cc1F. The quantitative estimate of drug-likeness (QED) is 0.781. The van der Waals surface area contributed by atoms with E-state index in [0.717, 1.165) is 0 Å². The van der Waals surface area contributed by atoms with Crippen LogP contribution in [-0.2, 0) is 16.4 Å². The third-order valence-corrected chi connectivity index (χ3v) is 4.09. The largest absolute Gasteiger partial charge is 0.263 e. The number of aromatic amines is 1. The second kappa shape index (κ2) is 6.22. The Balaban J connectivity index is 2.02. The maximum atomic E-state index is 13.4. The van der Waals surface area contributed by atoms with E-state index in [4.69, 9.17) is 0 Å². The molecule has 0 saturated heterocycles. The molecular formula is C11H11F3N4O2S. The fraction of sp³-hybridized carbons (Fsp3) is 0.273. The van der Waals surface area contributed by atoms with Crippen LogP contribution in [0.15, 0.2) is 23.4 Å². The van der Waals surface area contributed by atoms with Crippen molar-refractivity contribution in [2.45, 2.75) is 17.7 Å². The summed E-state index contributed by atoms with van der Waals surface area (Å²) in [5, 5.41) is 6.21. The molecule has 1 aromatic heterocycles. The zero-order valence-corrected chi connectivity index (χ0v) is 11.4. The fourth-order valence-corrected chi connectivity index (χ4v) is 2.86. The van der Waals surface area contributed by atoms with Gasteiger partial charge < -0.3 is 0 Å². The maximum absolute atomic E-state index is 13.4. The number of aryl methyl sites for hydroxylation is 1. The minimum absolute atomic E-state index is 0.0563. The Hall–Kier alpha value is -1.94.